The molecule has 1 aliphatic rings. The molecule has 0 unspecified atom stereocenters. The van der Waals surface area contributed by atoms with Gasteiger partial charge in [-0.05, 0) is 32.1 Å². The third-order valence-corrected chi connectivity index (χ3v) is 4.50. The van der Waals surface area contributed by atoms with E-state index < -0.39 is 0 Å². The summed E-state index contributed by atoms with van der Waals surface area (Å²) in [6, 6.07) is 0. The summed E-state index contributed by atoms with van der Waals surface area (Å²) < 4.78 is 6.49. The van der Waals surface area contributed by atoms with Crippen molar-refractivity contribution in [3.63, 3.8) is 0 Å². The first kappa shape index (κ1) is 14.7. The number of nitrogens with zero attached hydrogens (tertiary/aromatic N) is 3. The number of hydrogen-bond acceptors (Lipinski definition) is 5. The highest BCUT2D eigenvalue weighted by Crippen LogP contribution is 2.35. The molecule has 0 aliphatic heterocycles. The van der Waals surface area contributed by atoms with E-state index in [1.807, 2.05) is 6.92 Å². The molecule has 2 aromatic rings. The number of methoxy groups -OCH3 is 1. The Morgan fingerprint density at radius 2 is 2.14 bits per heavy atom. The van der Waals surface area contributed by atoms with Gasteiger partial charge in [-0.1, -0.05) is 6.92 Å². The van der Waals surface area contributed by atoms with Gasteiger partial charge in [0.15, 0.2) is 5.52 Å². The summed E-state index contributed by atoms with van der Waals surface area (Å²) in [7, 11) is 1.43. The van der Waals surface area contributed by atoms with Crippen LogP contribution in [0.25, 0.3) is 5.52 Å². The zero-order valence-corrected chi connectivity index (χ0v) is 12.8. The minimum absolute atomic E-state index is 0.0190. The van der Waals surface area contributed by atoms with Crippen LogP contribution in [0.1, 0.15) is 50.0 Å². The number of esters is 1. The van der Waals surface area contributed by atoms with Crippen molar-refractivity contribution in [3.8, 4) is 0 Å². The highest BCUT2D eigenvalue weighted by atomic mass is 16.5. The molecule has 7 nitrogen and oxygen atoms in total. The Morgan fingerprint density at radius 1 is 1.41 bits per heavy atom. The number of aromatic nitrogens is 4. The molecule has 0 amide bonds. The van der Waals surface area contributed by atoms with Crippen LogP contribution in [0, 0.1) is 5.92 Å². The van der Waals surface area contributed by atoms with Gasteiger partial charge in [0.05, 0.1) is 18.7 Å². The van der Waals surface area contributed by atoms with Crippen molar-refractivity contribution in [1.29, 1.82) is 0 Å². The number of aromatic amines is 1. The zero-order chi connectivity index (χ0) is 15.7. The van der Waals surface area contributed by atoms with E-state index in [0.29, 0.717) is 11.9 Å². The largest absolute Gasteiger partial charge is 0.469 e. The molecule has 118 valence electrons. The molecular formula is C15H20N4O3. The lowest BCUT2D eigenvalue weighted by atomic mass is 9.81. The molecule has 2 heterocycles. The van der Waals surface area contributed by atoms with Crippen LogP contribution in [0.15, 0.2) is 11.1 Å². The van der Waals surface area contributed by atoms with Crippen LogP contribution in [-0.2, 0) is 16.0 Å². The second-order valence-corrected chi connectivity index (χ2v) is 5.72. The van der Waals surface area contributed by atoms with Crippen molar-refractivity contribution >= 4 is 11.5 Å². The number of carbonyl (C=O) groups is 1. The van der Waals surface area contributed by atoms with E-state index in [0.717, 1.165) is 37.2 Å². The fourth-order valence-corrected chi connectivity index (χ4v) is 3.30. The normalized spacial score (nSPS) is 21.9. The smallest absolute Gasteiger partial charge is 0.308 e. The number of nitrogens with one attached hydrogen (secondary N) is 1. The molecule has 0 saturated heterocycles. The highest BCUT2D eigenvalue weighted by Gasteiger charge is 2.30. The van der Waals surface area contributed by atoms with Crippen LogP contribution in [-0.4, -0.2) is 32.7 Å². The molecule has 7 heteroatoms. The molecule has 0 spiro atoms. The van der Waals surface area contributed by atoms with Gasteiger partial charge in [-0.15, -0.1) is 0 Å². The van der Waals surface area contributed by atoms with Crippen molar-refractivity contribution in [2.45, 2.75) is 44.9 Å². The minimum Gasteiger partial charge on any atom is -0.469 e. The molecular weight excluding hydrogens is 284 g/mol. The van der Waals surface area contributed by atoms with E-state index in [-0.39, 0.29) is 23.4 Å². The first-order valence-corrected chi connectivity index (χ1v) is 7.68. The highest BCUT2D eigenvalue weighted by molar-refractivity contribution is 5.72. The molecule has 0 bridgehead atoms. The summed E-state index contributed by atoms with van der Waals surface area (Å²) >= 11 is 0. The van der Waals surface area contributed by atoms with Crippen LogP contribution in [0.3, 0.4) is 0 Å². The Balaban J connectivity index is 1.91. The number of H-pyrrole nitrogens is 1. The lowest BCUT2D eigenvalue weighted by molar-refractivity contribution is -0.146. The quantitative estimate of drug-likeness (QED) is 0.866. The average Bonchev–Trinajstić information content (AvgIpc) is 2.94. The van der Waals surface area contributed by atoms with Gasteiger partial charge in [-0.25, -0.2) is 9.50 Å². The molecule has 1 N–H and O–H groups in total. The molecule has 0 atom stereocenters. The first-order valence-electron chi connectivity index (χ1n) is 7.68. The third-order valence-electron chi connectivity index (χ3n) is 4.50. The van der Waals surface area contributed by atoms with Crippen molar-refractivity contribution in [2.24, 2.45) is 5.92 Å². The van der Waals surface area contributed by atoms with Crippen molar-refractivity contribution < 1.29 is 9.53 Å². The van der Waals surface area contributed by atoms with Gasteiger partial charge < -0.3 is 9.72 Å². The lowest BCUT2D eigenvalue weighted by Crippen LogP contribution is -2.23. The van der Waals surface area contributed by atoms with Crippen LogP contribution >= 0.6 is 0 Å². The number of imidazole rings is 1. The van der Waals surface area contributed by atoms with E-state index in [4.69, 9.17) is 4.74 Å². The van der Waals surface area contributed by atoms with Crippen molar-refractivity contribution in [1.82, 2.24) is 19.6 Å². The van der Waals surface area contributed by atoms with Gasteiger partial charge in [0.1, 0.15) is 12.2 Å². The molecule has 22 heavy (non-hydrogen) atoms. The molecule has 1 saturated carbocycles. The summed E-state index contributed by atoms with van der Waals surface area (Å²) in [6.07, 6.45) is 5.39. The Kier molecular flexibility index (Phi) is 3.96. The average molecular weight is 304 g/mol. The van der Waals surface area contributed by atoms with Crippen molar-refractivity contribution in [2.75, 3.05) is 7.11 Å². The summed E-state index contributed by atoms with van der Waals surface area (Å²) in [5, 5.41) is 4.26. The van der Waals surface area contributed by atoms with Gasteiger partial charge in [0, 0.05) is 5.92 Å². The van der Waals surface area contributed by atoms with Gasteiger partial charge in [-0.3, -0.25) is 9.59 Å². The monoisotopic (exact) mass is 304 g/mol. The maximum Gasteiger partial charge on any atom is 0.308 e. The first-order chi connectivity index (χ1) is 10.7. The van der Waals surface area contributed by atoms with E-state index in [1.54, 1.807) is 4.52 Å². The van der Waals surface area contributed by atoms with E-state index in [2.05, 4.69) is 15.1 Å². The van der Waals surface area contributed by atoms with Crippen LogP contribution in [0.5, 0.6) is 0 Å². The number of aryl methyl sites for hydroxylation is 1. The Hall–Kier alpha value is -2.18. The van der Waals surface area contributed by atoms with Gasteiger partial charge in [0.25, 0.3) is 5.56 Å². The molecule has 1 aliphatic carbocycles. The number of carbonyl (C=O) groups excluding carboxylic acids is 1. The summed E-state index contributed by atoms with van der Waals surface area (Å²) in [4.78, 5) is 30.9. The van der Waals surface area contributed by atoms with Gasteiger partial charge in [-0.2, -0.15) is 5.10 Å². The predicted molar refractivity (Wildman–Crippen MR) is 79.7 cm³/mol. The second-order valence-electron chi connectivity index (χ2n) is 5.72. The number of ether oxygens (including phenoxy) is 1. The number of hydrogen-bond donors (Lipinski definition) is 1. The molecule has 3 rings (SSSR count). The Morgan fingerprint density at radius 3 is 2.77 bits per heavy atom. The summed E-state index contributed by atoms with van der Waals surface area (Å²) in [5.41, 5.74) is 1.16. The molecule has 1 fully saturated rings. The zero-order valence-electron chi connectivity index (χ0n) is 12.8. The van der Waals surface area contributed by atoms with Gasteiger partial charge >= 0.3 is 5.97 Å². The van der Waals surface area contributed by atoms with E-state index in [9.17, 15) is 9.59 Å². The maximum atomic E-state index is 12.0. The number of fused-ring (bicyclic) bond motifs is 1. The topological polar surface area (TPSA) is 89.3 Å². The SMILES string of the molecule is CCc1nc(C2CCC(C(=O)OC)CC2)n2nc[nH]c(=O)c12. The summed E-state index contributed by atoms with van der Waals surface area (Å²) in [6.45, 7) is 1.98. The molecule has 2 aromatic heterocycles. The molecule has 0 aromatic carbocycles. The van der Waals surface area contributed by atoms with Gasteiger partial charge in [0.2, 0.25) is 0 Å². The summed E-state index contributed by atoms with van der Waals surface area (Å²) in [5.74, 6) is 0.911. The third kappa shape index (κ3) is 2.40. The number of rotatable bonds is 3. The Labute approximate surface area is 127 Å². The fourth-order valence-electron chi connectivity index (χ4n) is 3.30. The second kappa shape index (κ2) is 5.90. The minimum atomic E-state index is -0.158. The van der Waals surface area contributed by atoms with Crippen molar-refractivity contribution in [3.05, 3.63) is 28.2 Å². The lowest BCUT2D eigenvalue weighted by Gasteiger charge is -2.25. The van der Waals surface area contributed by atoms with Crippen LogP contribution < -0.4 is 5.56 Å². The van der Waals surface area contributed by atoms with Crippen LogP contribution in [0.2, 0.25) is 0 Å². The fraction of sp³-hybridized carbons (Fsp3) is 0.600. The van der Waals surface area contributed by atoms with Crippen LogP contribution in [0.4, 0.5) is 0 Å². The maximum absolute atomic E-state index is 12.0. The predicted octanol–water partition coefficient (Wildman–Crippen LogP) is 1.43. The van der Waals surface area contributed by atoms with E-state index in [1.165, 1.54) is 13.4 Å². The Bertz CT molecular complexity index is 741. The standard InChI is InChI=1S/C15H20N4O3/c1-3-11-12-14(20)16-8-17-19(12)13(18-11)9-4-6-10(7-5-9)15(21)22-2/h8-10H,3-7H2,1-2H3,(H,16,17,20). The molecule has 0 radical (unpaired) electrons. The van der Waals surface area contributed by atoms with E-state index >= 15 is 0 Å².